The van der Waals surface area contributed by atoms with Crippen LogP contribution < -0.4 is 15.0 Å². The summed E-state index contributed by atoms with van der Waals surface area (Å²) in [6.07, 6.45) is 2.79. The standard InChI is InChI=1S/C25H19FN4O2S/c1-2-22(31)30-13-14-32-24-21(30)12-11-20-23(24)25(28-15-27-20)29-17-5-9-19(10-6-17)33-18-7-3-16(26)4-8-18/h2-12,15H,1,13-14H2,(H,27,28,29). The number of amides is 1. The summed E-state index contributed by atoms with van der Waals surface area (Å²) in [7, 11) is 0. The van der Waals surface area contributed by atoms with Crippen LogP contribution in [-0.4, -0.2) is 29.0 Å². The molecule has 0 spiro atoms. The van der Waals surface area contributed by atoms with E-state index in [1.165, 1.54) is 24.5 Å². The highest BCUT2D eigenvalue weighted by Gasteiger charge is 2.25. The Labute approximate surface area is 194 Å². The predicted molar refractivity (Wildman–Crippen MR) is 128 cm³/mol. The maximum Gasteiger partial charge on any atom is 0.250 e. The average Bonchev–Trinajstić information content (AvgIpc) is 2.85. The topological polar surface area (TPSA) is 67.4 Å². The van der Waals surface area contributed by atoms with Gasteiger partial charge in [0.25, 0.3) is 5.91 Å². The lowest BCUT2D eigenvalue weighted by molar-refractivity contribution is -0.114. The number of carbonyl (C=O) groups excluding carboxylic acids is 1. The molecule has 4 aromatic rings. The van der Waals surface area contributed by atoms with E-state index in [0.29, 0.717) is 41.3 Å². The monoisotopic (exact) mass is 458 g/mol. The lowest BCUT2D eigenvalue weighted by Crippen LogP contribution is -2.36. The number of nitrogens with zero attached hydrogens (tertiary/aromatic N) is 3. The molecule has 1 aliphatic rings. The van der Waals surface area contributed by atoms with Gasteiger partial charge in [0.1, 0.15) is 24.6 Å². The summed E-state index contributed by atoms with van der Waals surface area (Å²) in [4.78, 5) is 24.7. The van der Waals surface area contributed by atoms with Crippen LogP contribution in [0.2, 0.25) is 0 Å². The van der Waals surface area contributed by atoms with Gasteiger partial charge in [-0.25, -0.2) is 14.4 Å². The van der Waals surface area contributed by atoms with Gasteiger partial charge in [-0.2, -0.15) is 0 Å². The Kier molecular flexibility index (Phi) is 5.66. The van der Waals surface area contributed by atoms with Crippen LogP contribution in [0.25, 0.3) is 10.9 Å². The van der Waals surface area contributed by atoms with E-state index in [9.17, 15) is 9.18 Å². The molecule has 0 aliphatic carbocycles. The van der Waals surface area contributed by atoms with Crippen LogP contribution >= 0.6 is 11.8 Å². The van der Waals surface area contributed by atoms with Gasteiger partial charge in [0.05, 0.1) is 23.1 Å². The van der Waals surface area contributed by atoms with Crippen molar-refractivity contribution in [2.45, 2.75) is 9.79 Å². The molecule has 1 amide bonds. The van der Waals surface area contributed by atoms with Crippen molar-refractivity contribution < 1.29 is 13.9 Å². The number of nitrogens with one attached hydrogen (secondary N) is 1. The van der Waals surface area contributed by atoms with E-state index in [2.05, 4.69) is 21.9 Å². The lowest BCUT2D eigenvalue weighted by atomic mass is 10.1. The highest BCUT2D eigenvalue weighted by molar-refractivity contribution is 7.99. The third kappa shape index (κ3) is 4.25. The van der Waals surface area contributed by atoms with Crippen molar-refractivity contribution >= 4 is 45.8 Å². The molecule has 0 fully saturated rings. The summed E-state index contributed by atoms with van der Waals surface area (Å²) >= 11 is 1.55. The molecule has 1 aromatic heterocycles. The first-order valence-corrected chi connectivity index (χ1v) is 11.1. The molecule has 164 valence electrons. The number of anilines is 3. The van der Waals surface area contributed by atoms with Gasteiger partial charge in [-0.1, -0.05) is 18.3 Å². The number of ether oxygens (including phenoxy) is 1. The molecular weight excluding hydrogens is 439 g/mol. The van der Waals surface area contributed by atoms with E-state index in [1.807, 2.05) is 36.4 Å². The van der Waals surface area contributed by atoms with E-state index in [1.54, 1.807) is 28.8 Å². The van der Waals surface area contributed by atoms with Crippen LogP contribution in [0, 0.1) is 5.82 Å². The first kappa shape index (κ1) is 21.0. The van der Waals surface area contributed by atoms with Crippen molar-refractivity contribution in [2.75, 3.05) is 23.4 Å². The Morgan fingerprint density at radius 3 is 2.52 bits per heavy atom. The number of rotatable bonds is 5. The van der Waals surface area contributed by atoms with Gasteiger partial charge >= 0.3 is 0 Å². The predicted octanol–water partition coefficient (Wildman–Crippen LogP) is 5.58. The number of halogens is 1. The van der Waals surface area contributed by atoms with Crippen LogP contribution in [0.5, 0.6) is 5.75 Å². The smallest absolute Gasteiger partial charge is 0.250 e. The maximum absolute atomic E-state index is 13.1. The lowest BCUT2D eigenvalue weighted by Gasteiger charge is -2.29. The second-order valence-corrected chi connectivity index (χ2v) is 8.42. The number of hydrogen-bond donors (Lipinski definition) is 1. The zero-order valence-electron chi connectivity index (χ0n) is 17.5. The quantitative estimate of drug-likeness (QED) is 0.394. The van der Waals surface area contributed by atoms with Gasteiger partial charge in [-0.3, -0.25) is 4.79 Å². The molecule has 8 heteroatoms. The largest absolute Gasteiger partial charge is 0.489 e. The van der Waals surface area contributed by atoms with Crippen molar-refractivity contribution in [1.29, 1.82) is 0 Å². The molecule has 0 bridgehead atoms. The summed E-state index contributed by atoms with van der Waals surface area (Å²) in [5.41, 5.74) is 2.22. The summed E-state index contributed by atoms with van der Waals surface area (Å²) in [5, 5.41) is 4.05. The Hall–Kier alpha value is -3.91. The van der Waals surface area contributed by atoms with Crippen molar-refractivity contribution in [2.24, 2.45) is 0 Å². The van der Waals surface area contributed by atoms with Crippen LogP contribution in [0.1, 0.15) is 0 Å². The number of benzene rings is 3. The Morgan fingerprint density at radius 2 is 1.79 bits per heavy atom. The summed E-state index contributed by atoms with van der Waals surface area (Å²) in [6.45, 7) is 4.42. The second kappa shape index (κ2) is 8.91. The molecular formula is C25H19FN4O2S. The third-order valence-electron chi connectivity index (χ3n) is 5.19. The minimum atomic E-state index is -0.251. The Bertz CT molecular complexity index is 1340. The van der Waals surface area contributed by atoms with E-state index >= 15 is 0 Å². The molecule has 3 aromatic carbocycles. The Morgan fingerprint density at radius 1 is 1.06 bits per heavy atom. The molecule has 33 heavy (non-hydrogen) atoms. The highest BCUT2D eigenvalue weighted by Crippen LogP contribution is 2.41. The number of aromatic nitrogens is 2. The minimum absolute atomic E-state index is 0.181. The van der Waals surface area contributed by atoms with E-state index in [4.69, 9.17) is 4.74 Å². The van der Waals surface area contributed by atoms with Crippen molar-refractivity contribution in [1.82, 2.24) is 9.97 Å². The summed E-state index contributed by atoms with van der Waals surface area (Å²) in [6, 6.07) is 17.9. The first-order chi connectivity index (χ1) is 16.1. The highest BCUT2D eigenvalue weighted by atomic mass is 32.2. The first-order valence-electron chi connectivity index (χ1n) is 10.3. The van der Waals surface area contributed by atoms with Gasteiger partial charge in [-0.15, -0.1) is 0 Å². The molecule has 0 saturated heterocycles. The van der Waals surface area contributed by atoms with Crippen molar-refractivity contribution in [3.8, 4) is 5.75 Å². The fraction of sp³-hybridized carbons (Fsp3) is 0.0800. The molecule has 0 atom stereocenters. The van der Waals surface area contributed by atoms with E-state index in [0.717, 1.165) is 15.5 Å². The van der Waals surface area contributed by atoms with Crippen LogP contribution in [0.15, 0.2) is 89.4 Å². The van der Waals surface area contributed by atoms with Crippen LogP contribution in [0.4, 0.5) is 21.6 Å². The van der Waals surface area contributed by atoms with Gasteiger partial charge < -0.3 is 15.0 Å². The number of fused-ring (bicyclic) bond motifs is 3. The third-order valence-corrected chi connectivity index (χ3v) is 6.21. The van der Waals surface area contributed by atoms with E-state index in [-0.39, 0.29) is 11.7 Å². The molecule has 2 heterocycles. The second-order valence-electron chi connectivity index (χ2n) is 7.28. The molecule has 5 rings (SSSR count). The van der Waals surface area contributed by atoms with Crippen molar-refractivity contribution in [3.05, 3.63) is 85.5 Å². The van der Waals surface area contributed by atoms with Gasteiger partial charge in [-0.05, 0) is 66.7 Å². The summed E-state index contributed by atoms with van der Waals surface area (Å²) < 4.78 is 19.1. The molecule has 1 aliphatic heterocycles. The zero-order chi connectivity index (χ0) is 22.8. The van der Waals surface area contributed by atoms with E-state index < -0.39 is 0 Å². The molecule has 0 saturated carbocycles. The Balaban J connectivity index is 1.45. The van der Waals surface area contributed by atoms with Crippen molar-refractivity contribution in [3.63, 3.8) is 0 Å². The molecule has 1 N–H and O–H groups in total. The van der Waals surface area contributed by atoms with Gasteiger partial charge in [0.15, 0.2) is 5.75 Å². The molecule has 6 nitrogen and oxygen atoms in total. The normalized spacial score (nSPS) is 12.7. The van der Waals surface area contributed by atoms with Crippen LogP contribution in [-0.2, 0) is 4.79 Å². The fourth-order valence-corrected chi connectivity index (χ4v) is 4.46. The van der Waals surface area contributed by atoms with Gasteiger partial charge in [0.2, 0.25) is 0 Å². The summed E-state index contributed by atoms with van der Waals surface area (Å²) in [5.74, 6) is 0.725. The number of hydrogen-bond acceptors (Lipinski definition) is 6. The van der Waals surface area contributed by atoms with Crippen LogP contribution in [0.3, 0.4) is 0 Å². The molecule has 0 unspecified atom stereocenters. The average molecular weight is 459 g/mol. The maximum atomic E-state index is 13.1. The van der Waals surface area contributed by atoms with Gasteiger partial charge in [0, 0.05) is 15.5 Å². The SMILES string of the molecule is C=CC(=O)N1CCOc2c1ccc1ncnc(Nc3ccc(Sc4ccc(F)cc4)cc3)c21. The minimum Gasteiger partial charge on any atom is -0.489 e. The zero-order valence-corrected chi connectivity index (χ0v) is 18.3. The fourth-order valence-electron chi connectivity index (χ4n) is 3.64. The molecule has 0 radical (unpaired) electrons. The number of carbonyl (C=O) groups is 1.